The number of rotatable bonds is 7. The average Bonchev–Trinajstić information content (AvgIpc) is 3.42. The van der Waals surface area contributed by atoms with Crippen molar-refractivity contribution < 1.29 is 0 Å². The zero-order valence-electron chi connectivity index (χ0n) is 15.5. The Morgan fingerprint density at radius 2 is 1.75 bits per heavy atom. The van der Waals surface area contributed by atoms with Crippen molar-refractivity contribution >= 4 is 18.0 Å². The fourth-order valence-corrected chi connectivity index (χ4v) is 3.50. The van der Waals surface area contributed by atoms with Gasteiger partial charge in [0, 0.05) is 22.2 Å². The van der Waals surface area contributed by atoms with Crippen LogP contribution in [0.15, 0.2) is 83.4 Å². The second-order valence-electron chi connectivity index (χ2n) is 6.17. The van der Waals surface area contributed by atoms with Gasteiger partial charge in [-0.15, -0.1) is 22.0 Å². The van der Waals surface area contributed by atoms with Crippen LogP contribution >= 0.6 is 11.8 Å². The van der Waals surface area contributed by atoms with E-state index in [0.29, 0.717) is 0 Å². The lowest BCUT2D eigenvalue weighted by Gasteiger charge is -2.03. The molecule has 0 spiro atoms. The molecule has 6 nitrogen and oxygen atoms in total. The van der Waals surface area contributed by atoms with E-state index < -0.39 is 0 Å². The molecule has 0 N–H and O–H groups in total. The molecular weight excluding hydrogens is 368 g/mol. The molecule has 28 heavy (non-hydrogen) atoms. The van der Waals surface area contributed by atoms with Crippen LogP contribution in [0.2, 0.25) is 0 Å². The number of aromatic nitrogens is 5. The minimum absolute atomic E-state index is 0.882. The Hall–Kier alpha value is -3.19. The lowest BCUT2D eigenvalue weighted by molar-refractivity contribution is 0.877. The molecule has 0 aliphatic heterocycles. The van der Waals surface area contributed by atoms with Crippen molar-refractivity contribution in [2.75, 3.05) is 5.75 Å². The second kappa shape index (κ2) is 8.67. The fourth-order valence-electron chi connectivity index (χ4n) is 2.73. The van der Waals surface area contributed by atoms with Gasteiger partial charge in [-0.3, -0.25) is 0 Å². The summed E-state index contributed by atoms with van der Waals surface area (Å²) in [5, 5.41) is 16.8. The van der Waals surface area contributed by atoms with Gasteiger partial charge in [-0.1, -0.05) is 37.3 Å². The summed E-state index contributed by atoms with van der Waals surface area (Å²) in [6, 6.07) is 18.6. The van der Waals surface area contributed by atoms with Gasteiger partial charge in [0.25, 0.3) is 0 Å². The van der Waals surface area contributed by atoms with Gasteiger partial charge < -0.3 is 0 Å². The van der Waals surface area contributed by atoms with Crippen LogP contribution < -0.4 is 0 Å². The molecule has 2 aromatic carbocycles. The number of hydrogen-bond acceptors (Lipinski definition) is 5. The lowest BCUT2D eigenvalue weighted by Crippen LogP contribution is -1.94. The molecule has 140 valence electrons. The summed E-state index contributed by atoms with van der Waals surface area (Å²) in [5.74, 6) is 1.12. The first-order chi connectivity index (χ1) is 13.8. The second-order valence-corrected chi connectivity index (χ2v) is 7.34. The molecule has 0 atom stereocenters. The Labute approximate surface area is 167 Å². The highest BCUT2D eigenvalue weighted by Crippen LogP contribution is 2.26. The molecule has 7 heteroatoms. The van der Waals surface area contributed by atoms with E-state index in [9.17, 15) is 0 Å². The van der Waals surface area contributed by atoms with E-state index in [0.717, 1.165) is 34.7 Å². The van der Waals surface area contributed by atoms with Crippen LogP contribution in [0.25, 0.3) is 16.9 Å². The van der Waals surface area contributed by atoms with Crippen LogP contribution in [0.1, 0.15) is 18.9 Å². The molecule has 4 aromatic rings. The maximum absolute atomic E-state index is 4.82. The monoisotopic (exact) mass is 388 g/mol. The third kappa shape index (κ3) is 4.20. The third-order valence-electron chi connectivity index (χ3n) is 4.10. The molecule has 0 amide bonds. The smallest absolute Gasteiger partial charge is 0.141 e. The van der Waals surface area contributed by atoms with E-state index in [1.807, 2.05) is 53.0 Å². The molecule has 0 aliphatic rings. The lowest BCUT2D eigenvalue weighted by atomic mass is 10.1. The van der Waals surface area contributed by atoms with Crippen LogP contribution in [-0.2, 0) is 0 Å². The van der Waals surface area contributed by atoms with E-state index in [1.54, 1.807) is 23.5 Å². The summed E-state index contributed by atoms with van der Waals surface area (Å²) < 4.78 is 3.44. The van der Waals surface area contributed by atoms with Gasteiger partial charge in [0.15, 0.2) is 0 Å². The number of thioether (sulfide) groups is 1. The van der Waals surface area contributed by atoms with Crippen LogP contribution in [0.5, 0.6) is 0 Å². The number of nitrogens with zero attached hydrogens (tertiary/aromatic N) is 6. The van der Waals surface area contributed by atoms with Gasteiger partial charge >= 0.3 is 0 Å². The maximum atomic E-state index is 4.82. The highest BCUT2D eigenvalue weighted by atomic mass is 32.2. The standard InChI is InChI=1S/C21H20N6S/c1-2-12-28-20-10-8-17(9-11-20)21-18(13-24-26-15-22-23-16-26)14-27(25-21)19-6-4-3-5-7-19/h3-11,13-16H,2,12H2,1H3/b24-13-. The summed E-state index contributed by atoms with van der Waals surface area (Å²) >= 11 is 1.87. The van der Waals surface area contributed by atoms with E-state index in [2.05, 4.69) is 46.5 Å². The maximum Gasteiger partial charge on any atom is 0.141 e. The first-order valence-electron chi connectivity index (χ1n) is 9.11. The number of para-hydroxylation sites is 1. The molecular formula is C21H20N6S. The summed E-state index contributed by atoms with van der Waals surface area (Å²) in [6.45, 7) is 2.19. The first kappa shape index (κ1) is 18.2. The van der Waals surface area contributed by atoms with Crippen molar-refractivity contribution in [2.24, 2.45) is 5.10 Å². The molecule has 0 fully saturated rings. The topological polar surface area (TPSA) is 60.9 Å². The Bertz CT molecular complexity index is 1040. The SMILES string of the molecule is CCCSc1ccc(-c2nn(-c3ccccc3)cc2/C=N\n2cnnc2)cc1. The number of benzene rings is 2. The molecule has 0 radical (unpaired) electrons. The van der Waals surface area contributed by atoms with E-state index in [-0.39, 0.29) is 0 Å². The van der Waals surface area contributed by atoms with Gasteiger partial charge in [0.2, 0.25) is 0 Å². The predicted molar refractivity (Wildman–Crippen MR) is 113 cm³/mol. The first-order valence-corrected chi connectivity index (χ1v) is 10.1. The summed E-state index contributed by atoms with van der Waals surface area (Å²) in [6.07, 6.45) is 8.04. The zero-order valence-corrected chi connectivity index (χ0v) is 16.3. The molecule has 0 aliphatic carbocycles. The van der Waals surface area contributed by atoms with Crippen LogP contribution in [0.3, 0.4) is 0 Å². The Kier molecular flexibility index (Phi) is 5.63. The average molecular weight is 389 g/mol. The van der Waals surface area contributed by atoms with Gasteiger partial charge in [0.05, 0.1) is 11.9 Å². The predicted octanol–water partition coefficient (Wildman–Crippen LogP) is 4.52. The molecule has 0 unspecified atom stereocenters. The van der Waals surface area contributed by atoms with Gasteiger partial charge in [-0.25, -0.2) is 9.36 Å². The molecule has 0 saturated heterocycles. The Morgan fingerprint density at radius 3 is 2.46 bits per heavy atom. The normalized spacial score (nSPS) is 11.3. The highest BCUT2D eigenvalue weighted by Gasteiger charge is 2.11. The molecule has 2 aromatic heterocycles. The third-order valence-corrected chi connectivity index (χ3v) is 5.32. The van der Waals surface area contributed by atoms with Crippen molar-refractivity contribution in [3.8, 4) is 16.9 Å². The molecule has 0 bridgehead atoms. The molecule has 2 heterocycles. The van der Waals surface area contributed by atoms with E-state index in [1.165, 1.54) is 4.90 Å². The number of hydrogen-bond donors (Lipinski definition) is 0. The Balaban J connectivity index is 1.70. The summed E-state index contributed by atoms with van der Waals surface area (Å²) in [4.78, 5) is 1.27. The molecule has 4 rings (SSSR count). The van der Waals surface area contributed by atoms with Gasteiger partial charge in [-0.2, -0.15) is 10.2 Å². The Morgan fingerprint density at radius 1 is 1.00 bits per heavy atom. The van der Waals surface area contributed by atoms with Crippen LogP contribution in [0.4, 0.5) is 0 Å². The fraction of sp³-hybridized carbons (Fsp3) is 0.143. The largest absolute Gasteiger partial charge is 0.240 e. The van der Waals surface area contributed by atoms with Crippen molar-refractivity contribution in [3.05, 3.63) is 79.0 Å². The van der Waals surface area contributed by atoms with Gasteiger partial charge in [-0.05, 0) is 36.4 Å². The van der Waals surface area contributed by atoms with Crippen molar-refractivity contribution in [1.29, 1.82) is 0 Å². The van der Waals surface area contributed by atoms with Crippen molar-refractivity contribution in [1.82, 2.24) is 24.7 Å². The van der Waals surface area contributed by atoms with E-state index >= 15 is 0 Å². The van der Waals surface area contributed by atoms with E-state index in [4.69, 9.17) is 5.10 Å². The van der Waals surface area contributed by atoms with Crippen molar-refractivity contribution in [3.63, 3.8) is 0 Å². The van der Waals surface area contributed by atoms with Crippen LogP contribution in [0, 0.1) is 0 Å². The highest BCUT2D eigenvalue weighted by molar-refractivity contribution is 7.99. The molecule has 0 saturated carbocycles. The minimum atomic E-state index is 0.882. The zero-order chi connectivity index (χ0) is 19.2. The summed E-state index contributed by atoms with van der Waals surface area (Å²) in [7, 11) is 0. The summed E-state index contributed by atoms with van der Waals surface area (Å²) in [5.41, 5.74) is 3.86. The van der Waals surface area contributed by atoms with Gasteiger partial charge in [0.1, 0.15) is 18.3 Å². The quantitative estimate of drug-likeness (QED) is 0.345. The van der Waals surface area contributed by atoms with Crippen molar-refractivity contribution in [2.45, 2.75) is 18.2 Å². The minimum Gasteiger partial charge on any atom is -0.240 e. The van der Waals surface area contributed by atoms with Crippen LogP contribution in [-0.4, -0.2) is 36.6 Å².